The zero-order chi connectivity index (χ0) is 10.8. The molecule has 0 radical (unpaired) electrons. The number of halogens is 3. The number of anilines is 1. The molecule has 0 aliphatic rings. The maximum Gasteiger partial charge on any atom is 0.416 e. The predicted molar refractivity (Wildman–Crippen MR) is 50.4 cm³/mol. The van der Waals surface area contributed by atoms with Gasteiger partial charge < -0.3 is 5.32 Å². The SMILES string of the molecule is CCc1ccc(NC)cc1C(F)(F)F. The fourth-order valence-electron chi connectivity index (χ4n) is 1.30. The number of rotatable bonds is 2. The fourth-order valence-corrected chi connectivity index (χ4v) is 1.30. The van der Waals surface area contributed by atoms with Gasteiger partial charge in [0, 0.05) is 12.7 Å². The Morgan fingerprint density at radius 3 is 2.36 bits per heavy atom. The molecule has 1 rings (SSSR count). The molecule has 0 aliphatic heterocycles. The van der Waals surface area contributed by atoms with E-state index in [0.29, 0.717) is 17.7 Å². The number of hydrogen-bond donors (Lipinski definition) is 1. The van der Waals surface area contributed by atoms with Crippen LogP contribution >= 0.6 is 0 Å². The lowest BCUT2D eigenvalue weighted by Crippen LogP contribution is -2.09. The maximum absolute atomic E-state index is 12.5. The molecule has 0 atom stereocenters. The van der Waals surface area contributed by atoms with Gasteiger partial charge in [0.1, 0.15) is 0 Å². The van der Waals surface area contributed by atoms with E-state index in [2.05, 4.69) is 5.32 Å². The Morgan fingerprint density at radius 2 is 1.93 bits per heavy atom. The lowest BCUT2D eigenvalue weighted by Gasteiger charge is -2.13. The zero-order valence-electron chi connectivity index (χ0n) is 8.07. The first kappa shape index (κ1) is 10.9. The van der Waals surface area contributed by atoms with Crippen LogP contribution in [0.25, 0.3) is 0 Å². The molecule has 0 saturated carbocycles. The van der Waals surface area contributed by atoms with Crippen molar-refractivity contribution in [2.24, 2.45) is 0 Å². The van der Waals surface area contributed by atoms with Crippen molar-refractivity contribution in [2.75, 3.05) is 12.4 Å². The second kappa shape index (κ2) is 3.90. The summed E-state index contributed by atoms with van der Waals surface area (Å²) < 4.78 is 37.6. The van der Waals surface area contributed by atoms with Crippen LogP contribution in [-0.2, 0) is 12.6 Å². The van der Waals surface area contributed by atoms with Crippen molar-refractivity contribution in [3.05, 3.63) is 29.3 Å². The lowest BCUT2D eigenvalue weighted by atomic mass is 10.0. The van der Waals surface area contributed by atoms with Crippen LogP contribution < -0.4 is 5.32 Å². The number of hydrogen-bond acceptors (Lipinski definition) is 1. The van der Waals surface area contributed by atoms with Crippen LogP contribution in [-0.4, -0.2) is 7.05 Å². The maximum atomic E-state index is 12.5. The molecule has 1 N–H and O–H groups in total. The minimum Gasteiger partial charge on any atom is -0.388 e. The summed E-state index contributed by atoms with van der Waals surface area (Å²) in [5.41, 5.74) is 0.262. The quantitative estimate of drug-likeness (QED) is 0.777. The molecule has 14 heavy (non-hydrogen) atoms. The standard InChI is InChI=1S/C10H12F3N/c1-3-7-4-5-8(14-2)6-9(7)10(11,12)13/h4-6,14H,3H2,1-2H3. The third-order valence-electron chi connectivity index (χ3n) is 2.08. The molecule has 1 aromatic carbocycles. The largest absolute Gasteiger partial charge is 0.416 e. The molecule has 0 aliphatic carbocycles. The second-order valence-electron chi connectivity index (χ2n) is 2.97. The van der Waals surface area contributed by atoms with Crippen LogP contribution in [0.3, 0.4) is 0 Å². The molecule has 78 valence electrons. The molecule has 1 nitrogen and oxygen atoms in total. The molecule has 0 saturated heterocycles. The summed E-state index contributed by atoms with van der Waals surface area (Å²) >= 11 is 0. The normalized spacial score (nSPS) is 11.5. The van der Waals surface area contributed by atoms with Gasteiger partial charge >= 0.3 is 6.18 Å². The monoisotopic (exact) mass is 203 g/mol. The van der Waals surface area contributed by atoms with E-state index in [1.807, 2.05) is 0 Å². The molecule has 0 unspecified atom stereocenters. The molecule has 0 aromatic heterocycles. The Morgan fingerprint density at radius 1 is 1.29 bits per heavy atom. The zero-order valence-corrected chi connectivity index (χ0v) is 8.07. The first-order valence-electron chi connectivity index (χ1n) is 4.37. The van der Waals surface area contributed by atoms with E-state index in [-0.39, 0.29) is 0 Å². The Bertz CT molecular complexity index is 318. The van der Waals surface area contributed by atoms with E-state index in [4.69, 9.17) is 0 Å². The summed E-state index contributed by atoms with van der Waals surface area (Å²) in [7, 11) is 1.60. The Hall–Kier alpha value is -1.19. The van der Waals surface area contributed by atoms with Gasteiger partial charge in [-0.3, -0.25) is 0 Å². The molecule has 0 fully saturated rings. The Kier molecular flexibility index (Phi) is 3.03. The summed E-state index contributed by atoms with van der Waals surface area (Å²) in [6, 6.07) is 4.29. The van der Waals surface area contributed by atoms with Crippen LogP contribution in [0.4, 0.5) is 18.9 Å². The highest BCUT2D eigenvalue weighted by Gasteiger charge is 2.32. The Labute approximate surface area is 80.9 Å². The van der Waals surface area contributed by atoms with Gasteiger partial charge in [0.2, 0.25) is 0 Å². The van der Waals surface area contributed by atoms with Crippen molar-refractivity contribution in [3.63, 3.8) is 0 Å². The summed E-state index contributed by atoms with van der Waals surface area (Å²) in [6.07, 6.45) is -3.88. The van der Waals surface area contributed by atoms with Crippen LogP contribution in [0.1, 0.15) is 18.1 Å². The molecule has 0 amide bonds. The fraction of sp³-hybridized carbons (Fsp3) is 0.400. The van der Waals surface area contributed by atoms with Crippen molar-refractivity contribution >= 4 is 5.69 Å². The smallest absolute Gasteiger partial charge is 0.388 e. The summed E-state index contributed by atoms with van der Waals surface area (Å²) in [5.74, 6) is 0. The van der Waals surface area contributed by atoms with Gasteiger partial charge in [-0.2, -0.15) is 13.2 Å². The minimum absolute atomic E-state index is 0.330. The van der Waals surface area contributed by atoms with Gasteiger partial charge in [-0.1, -0.05) is 13.0 Å². The van der Waals surface area contributed by atoms with E-state index in [0.717, 1.165) is 6.07 Å². The molecule has 0 heterocycles. The molecular formula is C10H12F3N. The van der Waals surface area contributed by atoms with Gasteiger partial charge in [0.05, 0.1) is 5.56 Å². The number of nitrogens with one attached hydrogen (secondary N) is 1. The van der Waals surface area contributed by atoms with Gasteiger partial charge in [0.15, 0.2) is 0 Å². The number of alkyl halides is 3. The van der Waals surface area contributed by atoms with E-state index in [1.54, 1.807) is 20.0 Å². The third-order valence-corrected chi connectivity index (χ3v) is 2.08. The van der Waals surface area contributed by atoms with Crippen molar-refractivity contribution < 1.29 is 13.2 Å². The van der Waals surface area contributed by atoms with Gasteiger partial charge in [0.25, 0.3) is 0 Å². The summed E-state index contributed by atoms with van der Waals surface area (Å²) in [6.45, 7) is 1.71. The van der Waals surface area contributed by atoms with E-state index >= 15 is 0 Å². The molecule has 4 heteroatoms. The van der Waals surface area contributed by atoms with Crippen LogP contribution in [0.15, 0.2) is 18.2 Å². The van der Waals surface area contributed by atoms with Crippen LogP contribution in [0, 0.1) is 0 Å². The second-order valence-corrected chi connectivity index (χ2v) is 2.97. The average molecular weight is 203 g/mol. The first-order valence-corrected chi connectivity index (χ1v) is 4.37. The van der Waals surface area contributed by atoms with Gasteiger partial charge in [-0.15, -0.1) is 0 Å². The minimum atomic E-state index is -4.27. The van der Waals surface area contributed by atoms with Gasteiger partial charge in [-0.05, 0) is 24.1 Å². The van der Waals surface area contributed by atoms with E-state index in [1.165, 1.54) is 6.07 Å². The molecule has 0 bridgehead atoms. The molecular weight excluding hydrogens is 191 g/mol. The highest BCUT2D eigenvalue weighted by atomic mass is 19.4. The highest BCUT2D eigenvalue weighted by Crippen LogP contribution is 2.33. The summed E-state index contributed by atoms with van der Waals surface area (Å²) in [4.78, 5) is 0. The number of benzene rings is 1. The van der Waals surface area contributed by atoms with Crippen LogP contribution in [0.2, 0.25) is 0 Å². The van der Waals surface area contributed by atoms with Crippen molar-refractivity contribution in [1.82, 2.24) is 0 Å². The lowest BCUT2D eigenvalue weighted by molar-refractivity contribution is -0.138. The topological polar surface area (TPSA) is 12.0 Å². The van der Waals surface area contributed by atoms with E-state index in [9.17, 15) is 13.2 Å². The Balaban J connectivity index is 3.22. The molecule has 0 spiro atoms. The third kappa shape index (κ3) is 2.19. The van der Waals surface area contributed by atoms with Gasteiger partial charge in [-0.25, -0.2) is 0 Å². The van der Waals surface area contributed by atoms with Crippen molar-refractivity contribution in [1.29, 1.82) is 0 Å². The highest BCUT2D eigenvalue weighted by molar-refractivity contribution is 5.49. The average Bonchev–Trinajstić information content (AvgIpc) is 2.15. The number of aryl methyl sites for hydroxylation is 1. The van der Waals surface area contributed by atoms with Crippen molar-refractivity contribution in [2.45, 2.75) is 19.5 Å². The predicted octanol–water partition coefficient (Wildman–Crippen LogP) is 3.31. The summed E-state index contributed by atoms with van der Waals surface area (Å²) in [5, 5.41) is 2.69. The van der Waals surface area contributed by atoms with E-state index < -0.39 is 11.7 Å². The molecule has 1 aromatic rings. The van der Waals surface area contributed by atoms with Crippen molar-refractivity contribution in [3.8, 4) is 0 Å². The first-order chi connectivity index (χ1) is 6.49. The van der Waals surface area contributed by atoms with Crippen LogP contribution in [0.5, 0.6) is 0 Å².